The normalized spacial score (nSPS) is 11.7. The summed E-state index contributed by atoms with van der Waals surface area (Å²) in [6, 6.07) is 26.4. The number of fused-ring (bicyclic) bond motifs is 1. The van der Waals surface area contributed by atoms with Gasteiger partial charge in [0.2, 0.25) is 0 Å². The van der Waals surface area contributed by atoms with Gasteiger partial charge in [-0.1, -0.05) is 44.2 Å². The summed E-state index contributed by atoms with van der Waals surface area (Å²) in [6.07, 6.45) is 4.86. The van der Waals surface area contributed by atoms with Crippen LogP contribution in [0.15, 0.2) is 79.0 Å². The number of ether oxygens (including phenoxy) is 1. The summed E-state index contributed by atoms with van der Waals surface area (Å²) in [5.74, 6) is 2.10. The molecule has 190 valence electrons. The third-order valence-electron chi connectivity index (χ3n) is 6.61. The van der Waals surface area contributed by atoms with Crippen molar-refractivity contribution in [3.05, 3.63) is 95.9 Å². The standard InChI is InChI=1S/C32H31N5O/c1-22(2)16-17-38-30-15-14-24(18-23(30)3)31-26(21-37(35-31)27-10-6-5-7-11-27)19-25(20-33)32-34-28-12-8-9-13-29(28)36(32)4/h5-15,18-19,21-22H,16-17H2,1-4H3. The van der Waals surface area contributed by atoms with E-state index in [-0.39, 0.29) is 0 Å². The number of aryl methyl sites for hydroxylation is 2. The van der Waals surface area contributed by atoms with Gasteiger partial charge in [-0.3, -0.25) is 0 Å². The third kappa shape index (κ3) is 5.09. The molecule has 0 aliphatic carbocycles. The van der Waals surface area contributed by atoms with E-state index in [9.17, 15) is 5.26 Å². The number of allylic oxidation sites excluding steroid dienone is 1. The average molecular weight is 502 g/mol. The van der Waals surface area contributed by atoms with Crippen LogP contribution in [0.25, 0.3) is 39.6 Å². The van der Waals surface area contributed by atoms with E-state index in [1.54, 1.807) is 0 Å². The minimum absolute atomic E-state index is 0.475. The molecule has 3 aromatic carbocycles. The zero-order valence-electron chi connectivity index (χ0n) is 22.2. The van der Waals surface area contributed by atoms with E-state index in [2.05, 4.69) is 32.9 Å². The summed E-state index contributed by atoms with van der Waals surface area (Å²) in [5.41, 5.74) is 6.89. The van der Waals surface area contributed by atoms with Gasteiger partial charge in [0.1, 0.15) is 17.5 Å². The number of imidazole rings is 1. The molecule has 0 bridgehead atoms. The summed E-state index contributed by atoms with van der Waals surface area (Å²) in [6.45, 7) is 7.14. The average Bonchev–Trinajstić information content (AvgIpc) is 3.50. The lowest BCUT2D eigenvalue weighted by Crippen LogP contribution is -2.02. The molecule has 6 nitrogen and oxygen atoms in total. The van der Waals surface area contributed by atoms with E-state index in [4.69, 9.17) is 14.8 Å². The van der Waals surface area contributed by atoms with Crippen LogP contribution in [-0.4, -0.2) is 25.9 Å². The fourth-order valence-corrected chi connectivity index (χ4v) is 4.48. The monoisotopic (exact) mass is 501 g/mol. The molecule has 0 aliphatic heterocycles. The molecule has 5 rings (SSSR count). The molecule has 38 heavy (non-hydrogen) atoms. The Morgan fingerprint density at radius 3 is 2.53 bits per heavy atom. The van der Waals surface area contributed by atoms with Gasteiger partial charge < -0.3 is 9.30 Å². The quantitative estimate of drug-likeness (QED) is 0.210. The Morgan fingerprint density at radius 1 is 1.05 bits per heavy atom. The predicted octanol–water partition coefficient (Wildman–Crippen LogP) is 7.22. The van der Waals surface area contributed by atoms with Crippen LogP contribution in [0.5, 0.6) is 5.75 Å². The van der Waals surface area contributed by atoms with Crippen LogP contribution >= 0.6 is 0 Å². The number of nitriles is 1. The highest BCUT2D eigenvalue weighted by atomic mass is 16.5. The number of rotatable bonds is 8. The zero-order valence-corrected chi connectivity index (χ0v) is 22.2. The first-order valence-corrected chi connectivity index (χ1v) is 12.9. The zero-order chi connectivity index (χ0) is 26.6. The van der Waals surface area contributed by atoms with Crippen molar-refractivity contribution in [3.63, 3.8) is 0 Å². The van der Waals surface area contributed by atoms with Gasteiger partial charge in [0, 0.05) is 24.4 Å². The van der Waals surface area contributed by atoms with E-state index in [0.717, 1.165) is 51.3 Å². The topological polar surface area (TPSA) is 68.7 Å². The fourth-order valence-electron chi connectivity index (χ4n) is 4.48. The molecule has 0 aliphatic rings. The Kier molecular flexibility index (Phi) is 7.10. The Balaban J connectivity index is 1.59. The van der Waals surface area contributed by atoms with Crippen molar-refractivity contribution >= 4 is 22.7 Å². The summed E-state index contributed by atoms with van der Waals surface area (Å²) >= 11 is 0. The van der Waals surface area contributed by atoms with Crippen molar-refractivity contribution < 1.29 is 4.74 Å². The van der Waals surface area contributed by atoms with Gasteiger partial charge in [0.05, 0.1) is 28.9 Å². The molecule has 0 amide bonds. The Bertz CT molecular complexity index is 1650. The SMILES string of the molecule is Cc1cc(-c2nn(-c3ccccc3)cc2C=C(C#N)c2nc3ccccc3n2C)ccc1OCCC(C)C. The van der Waals surface area contributed by atoms with Crippen molar-refractivity contribution in [2.45, 2.75) is 27.2 Å². The van der Waals surface area contributed by atoms with Crippen molar-refractivity contribution in [1.82, 2.24) is 19.3 Å². The molecule has 6 heteroatoms. The fraction of sp³-hybridized carbons (Fsp3) is 0.219. The first-order chi connectivity index (χ1) is 18.4. The first-order valence-electron chi connectivity index (χ1n) is 12.9. The number of nitrogens with zero attached hydrogens (tertiary/aromatic N) is 5. The molecule has 0 saturated heterocycles. The number of benzene rings is 3. The molecule has 0 atom stereocenters. The van der Waals surface area contributed by atoms with Crippen molar-refractivity contribution in [3.8, 4) is 28.8 Å². The van der Waals surface area contributed by atoms with Crippen LogP contribution in [0.3, 0.4) is 0 Å². The van der Waals surface area contributed by atoms with Gasteiger partial charge >= 0.3 is 0 Å². The molecule has 2 heterocycles. The summed E-state index contributed by atoms with van der Waals surface area (Å²) in [5, 5.41) is 15.1. The summed E-state index contributed by atoms with van der Waals surface area (Å²) < 4.78 is 9.85. The number of aromatic nitrogens is 4. The van der Waals surface area contributed by atoms with Crippen molar-refractivity contribution in [1.29, 1.82) is 5.26 Å². The second-order valence-electron chi connectivity index (χ2n) is 9.88. The maximum absolute atomic E-state index is 10.2. The van der Waals surface area contributed by atoms with E-state index < -0.39 is 0 Å². The van der Waals surface area contributed by atoms with E-state index in [0.29, 0.717) is 23.9 Å². The first kappa shape index (κ1) is 25.0. The minimum atomic E-state index is 0.475. The van der Waals surface area contributed by atoms with Crippen LogP contribution in [-0.2, 0) is 7.05 Å². The molecule has 0 unspecified atom stereocenters. The summed E-state index contributed by atoms with van der Waals surface area (Å²) in [7, 11) is 1.94. The van der Waals surface area contributed by atoms with Gasteiger partial charge in [0.15, 0.2) is 5.82 Å². The van der Waals surface area contributed by atoms with Crippen molar-refractivity contribution in [2.75, 3.05) is 6.61 Å². The molecular weight excluding hydrogens is 470 g/mol. The molecule has 0 spiro atoms. The Morgan fingerprint density at radius 2 is 1.82 bits per heavy atom. The molecular formula is C32H31N5O. The molecule has 0 saturated carbocycles. The Labute approximate surface area is 223 Å². The van der Waals surface area contributed by atoms with Crippen LogP contribution < -0.4 is 4.74 Å². The summed E-state index contributed by atoms with van der Waals surface area (Å²) in [4.78, 5) is 4.74. The second kappa shape index (κ2) is 10.8. The third-order valence-corrected chi connectivity index (χ3v) is 6.61. The van der Waals surface area contributed by atoms with E-state index >= 15 is 0 Å². The molecule has 5 aromatic rings. The maximum Gasteiger partial charge on any atom is 0.151 e. The van der Waals surface area contributed by atoms with Crippen molar-refractivity contribution in [2.24, 2.45) is 13.0 Å². The van der Waals surface area contributed by atoms with Crippen LogP contribution in [0, 0.1) is 24.2 Å². The lowest BCUT2D eigenvalue weighted by atomic mass is 10.0. The molecule has 0 N–H and O–H groups in total. The van der Waals surface area contributed by atoms with E-state index in [1.165, 1.54) is 0 Å². The minimum Gasteiger partial charge on any atom is -0.493 e. The lowest BCUT2D eigenvalue weighted by Gasteiger charge is -2.11. The highest BCUT2D eigenvalue weighted by Gasteiger charge is 2.17. The predicted molar refractivity (Wildman–Crippen MR) is 153 cm³/mol. The molecule has 0 fully saturated rings. The Hall–Kier alpha value is -4.63. The number of hydrogen-bond acceptors (Lipinski definition) is 4. The highest BCUT2D eigenvalue weighted by molar-refractivity contribution is 5.93. The van der Waals surface area contributed by atoms with Gasteiger partial charge in [-0.25, -0.2) is 9.67 Å². The molecule has 0 radical (unpaired) electrons. The smallest absolute Gasteiger partial charge is 0.151 e. The maximum atomic E-state index is 10.2. The second-order valence-corrected chi connectivity index (χ2v) is 9.88. The van der Waals surface area contributed by atoms with Crippen LogP contribution in [0.1, 0.15) is 37.2 Å². The van der Waals surface area contributed by atoms with Gasteiger partial charge in [-0.2, -0.15) is 10.4 Å². The van der Waals surface area contributed by atoms with Crippen LogP contribution in [0.2, 0.25) is 0 Å². The van der Waals surface area contributed by atoms with Gasteiger partial charge in [0.25, 0.3) is 0 Å². The lowest BCUT2D eigenvalue weighted by molar-refractivity contribution is 0.288. The number of para-hydroxylation sites is 3. The highest BCUT2D eigenvalue weighted by Crippen LogP contribution is 2.31. The van der Waals surface area contributed by atoms with Crippen LogP contribution in [0.4, 0.5) is 0 Å². The van der Waals surface area contributed by atoms with E-state index in [1.807, 2.05) is 95.3 Å². The largest absolute Gasteiger partial charge is 0.493 e. The van der Waals surface area contributed by atoms with Gasteiger partial charge in [-0.05, 0) is 73.4 Å². The molecule has 2 aromatic heterocycles. The van der Waals surface area contributed by atoms with Gasteiger partial charge in [-0.15, -0.1) is 0 Å². The number of hydrogen-bond donors (Lipinski definition) is 0.